The predicted molar refractivity (Wildman–Crippen MR) is 104 cm³/mol. The standard InChI is InChI=1S/C21H16FNO5S/c22-15-7-3-1-5-13(15)18-17-19(24)14-6-2-4-8-16(14)28-20(17)21(25)23(18)12-9-10-29(26,27)11-12/h1-8,12,18H,9-11H2/t12-,18-/m0/s1. The molecule has 6 nitrogen and oxygen atoms in total. The molecule has 1 amide bonds. The topological polar surface area (TPSA) is 84.7 Å². The summed E-state index contributed by atoms with van der Waals surface area (Å²) in [4.78, 5) is 27.8. The minimum Gasteiger partial charge on any atom is -0.450 e. The highest BCUT2D eigenvalue weighted by Gasteiger charge is 2.49. The summed E-state index contributed by atoms with van der Waals surface area (Å²) in [5.41, 5.74) is 0.0548. The minimum absolute atomic E-state index is 0.0505. The molecule has 0 radical (unpaired) electrons. The van der Waals surface area contributed by atoms with Crippen molar-refractivity contribution in [1.82, 2.24) is 4.90 Å². The molecule has 0 spiro atoms. The number of amides is 1. The third kappa shape index (κ3) is 2.70. The highest BCUT2D eigenvalue weighted by atomic mass is 32.2. The first kappa shape index (κ1) is 18.1. The van der Waals surface area contributed by atoms with Crippen LogP contribution in [0.2, 0.25) is 0 Å². The molecular formula is C21H16FNO5S. The van der Waals surface area contributed by atoms with E-state index in [0.29, 0.717) is 5.39 Å². The van der Waals surface area contributed by atoms with Crippen LogP contribution in [0.3, 0.4) is 0 Å². The molecule has 0 saturated carbocycles. The smallest absolute Gasteiger partial charge is 0.291 e. The van der Waals surface area contributed by atoms with E-state index >= 15 is 0 Å². The van der Waals surface area contributed by atoms with Crippen molar-refractivity contribution in [3.8, 4) is 0 Å². The van der Waals surface area contributed by atoms with Gasteiger partial charge in [0, 0.05) is 11.6 Å². The summed E-state index contributed by atoms with van der Waals surface area (Å²) in [5.74, 6) is -1.57. The van der Waals surface area contributed by atoms with Crippen LogP contribution in [0.25, 0.3) is 11.0 Å². The first-order chi connectivity index (χ1) is 13.9. The molecule has 0 unspecified atom stereocenters. The monoisotopic (exact) mass is 413 g/mol. The molecule has 1 fully saturated rings. The second kappa shape index (κ2) is 6.25. The van der Waals surface area contributed by atoms with E-state index in [4.69, 9.17) is 4.42 Å². The van der Waals surface area contributed by atoms with E-state index in [9.17, 15) is 22.4 Å². The van der Waals surface area contributed by atoms with Crippen LogP contribution < -0.4 is 5.43 Å². The van der Waals surface area contributed by atoms with Gasteiger partial charge in [0.1, 0.15) is 11.4 Å². The average Bonchev–Trinajstić information content (AvgIpc) is 3.19. The fraction of sp³-hybridized carbons (Fsp3) is 0.238. The molecular weight excluding hydrogens is 397 g/mol. The number of rotatable bonds is 2. The molecule has 3 aromatic rings. The third-order valence-corrected chi connectivity index (χ3v) is 7.37. The van der Waals surface area contributed by atoms with Crippen LogP contribution in [-0.4, -0.2) is 36.8 Å². The van der Waals surface area contributed by atoms with Gasteiger partial charge in [-0.15, -0.1) is 0 Å². The van der Waals surface area contributed by atoms with Crippen LogP contribution in [0, 0.1) is 5.82 Å². The highest BCUT2D eigenvalue weighted by molar-refractivity contribution is 7.91. The van der Waals surface area contributed by atoms with Crippen molar-refractivity contribution in [1.29, 1.82) is 0 Å². The molecule has 29 heavy (non-hydrogen) atoms. The SMILES string of the molecule is O=C1c2oc3ccccc3c(=O)c2[C@H](c2ccccc2F)N1[C@H]1CCS(=O)(=O)C1. The fourth-order valence-electron chi connectivity index (χ4n) is 4.31. The summed E-state index contributed by atoms with van der Waals surface area (Å²) in [7, 11) is -3.30. The van der Waals surface area contributed by atoms with Gasteiger partial charge in [0.15, 0.2) is 15.3 Å². The first-order valence-corrected chi connectivity index (χ1v) is 11.0. The quantitative estimate of drug-likeness (QED) is 0.645. The lowest BCUT2D eigenvalue weighted by Gasteiger charge is -2.30. The van der Waals surface area contributed by atoms with Crippen LogP contribution in [-0.2, 0) is 9.84 Å². The van der Waals surface area contributed by atoms with Crippen molar-refractivity contribution in [3.05, 3.63) is 81.5 Å². The summed E-state index contributed by atoms with van der Waals surface area (Å²) in [6.07, 6.45) is 0.237. The molecule has 148 valence electrons. The maximum absolute atomic E-state index is 14.7. The number of carbonyl (C=O) groups is 1. The molecule has 2 atom stereocenters. The second-order valence-electron chi connectivity index (χ2n) is 7.36. The second-order valence-corrected chi connectivity index (χ2v) is 9.59. The zero-order valence-electron chi connectivity index (χ0n) is 15.2. The van der Waals surface area contributed by atoms with E-state index in [0.717, 1.165) is 0 Å². The lowest BCUT2D eigenvalue weighted by atomic mass is 9.97. The number of benzene rings is 2. The van der Waals surface area contributed by atoms with Gasteiger partial charge >= 0.3 is 0 Å². The van der Waals surface area contributed by atoms with Crippen LogP contribution in [0.5, 0.6) is 0 Å². The molecule has 0 aliphatic carbocycles. The minimum atomic E-state index is -3.30. The summed E-state index contributed by atoms with van der Waals surface area (Å²) < 4.78 is 44.6. The summed E-state index contributed by atoms with van der Waals surface area (Å²) in [6, 6.07) is 10.8. The largest absolute Gasteiger partial charge is 0.450 e. The van der Waals surface area contributed by atoms with Crippen molar-refractivity contribution >= 4 is 26.7 Å². The van der Waals surface area contributed by atoms with Crippen LogP contribution >= 0.6 is 0 Å². The highest BCUT2D eigenvalue weighted by Crippen LogP contribution is 2.42. The zero-order chi connectivity index (χ0) is 20.3. The van der Waals surface area contributed by atoms with Gasteiger partial charge in [0.2, 0.25) is 5.76 Å². The molecule has 0 bridgehead atoms. The molecule has 2 aromatic carbocycles. The van der Waals surface area contributed by atoms with Crippen LogP contribution in [0.4, 0.5) is 4.39 Å². The molecule has 5 rings (SSSR count). The van der Waals surface area contributed by atoms with Crippen molar-refractivity contribution in [3.63, 3.8) is 0 Å². The number of nitrogens with zero attached hydrogens (tertiary/aromatic N) is 1. The van der Waals surface area contributed by atoms with Gasteiger partial charge in [0.25, 0.3) is 5.91 Å². The van der Waals surface area contributed by atoms with Gasteiger partial charge in [-0.3, -0.25) is 9.59 Å². The lowest BCUT2D eigenvalue weighted by Crippen LogP contribution is -2.40. The maximum atomic E-state index is 14.7. The van der Waals surface area contributed by atoms with Crippen molar-refractivity contribution in [2.24, 2.45) is 0 Å². The van der Waals surface area contributed by atoms with Crippen molar-refractivity contribution in [2.75, 3.05) is 11.5 Å². The Bertz CT molecular complexity index is 1330. The van der Waals surface area contributed by atoms with E-state index in [2.05, 4.69) is 0 Å². The Hall–Kier alpha value is -3.00. The van der Waals surface area contributed by atoms with E-state index in [1.165, 1.54) is 23.1 Å². The molecule has 3 heterocycles. The predicted octanol–water partition coefficient (Wildman–Crippen LogP) is 2.66. The number of sulfone groups is 1. The Labute approximate surface area is 165 Å². The number of para-hydroxylation sites is 1. The maximum Gasteiger partial charge on any atom is 0.291 e. The van der Waals surface area contributed by atoms with Crippen molar-refractivity contribution < 1.29 is 22.0 Å². The number of carbonyl (C=O) groups excluding carboxylic acids is 1. The third-order valence-electron chi connectivity index (χ3n) is 5.61. The van der Waals surface area contributed by atoms with Gasteiger partial charge in [-0.1, -0.05) is 30.3 Å². The summed E-state index contributed by atoms with van der Waals surface area (Å²) >= 11 is 0. The van der Waals surface area contributed by atoms with E-state index in [-0.39, 0.29) is 40.4 Å². The first-order valence-electron chi connectivity index (χ1n) is 9.20. The van der Waals surface area contributed by atoms with Crippen molar-refractivity contribution in [2.45, 2.75) is 18.5 Å². The fourth-order valence-corrected chi connectivity index (χ4v) is 6.02. The van der Waals surface area contributed by atoms with Gasteiger partial charge in [-0.25, -0.2) is 12.8 Å². The van der Waals surface area contributed by atoms with E-state index in [1.807, 2.05) is 0 Å². The average molecular weight is 413 g/mol. The van der Waals surface area contributed by atoms with Gasteiger partial charge in [-0.2, -0.15) is 0 Å². The number of hydrogen-bond acceptors (Lipinski definition) is 5. The molecule has 1 saturated heterocycles. The summed E-state index contributed by atoms with van der Waals surface area (Å²) in [5, 5.41) is 0.293. The molecule has 2 aliphatic heterocycles. The Morgan fingerprint density at radius 3 is 2.48 bits per heavy atom. The Morgan fingerprint density at radius 1 is 1.03 bits per heavy atom. The number of fused-ring (bicyclic) bond motifs is 2. The normalized spacial score (nSPS) is 22.9. The Kier molecular flexibility index (Phi) is 3.89. The number of hydrogen-bond donors (Lipinski definition) is 0. The zero-order valence-corrected chi connectivity index (χ0v) is 16.0. The van der Waals surface area contributed by atoms with E-state index < -0.39 is 39.1 Å². The van der Waals surface area contributed by atoms with Gasteiger partial charge < -0.3 is 9.32 Å². The molecule has 1 aromatic heterocycles. The van der Waals surface area contributed by atoms with Crippen LogP contribution in [0.15, 0.2) is 57.7 Å². The molecule has 0 N–H and O–H groups in total. The van der Waals surface area contributed by atoms with Crippen LogP contribution in [0.1, 0.15) is 34.1 Å². The number of halogens is 1. The Morgan fingerprint density at radius 2 is 1.76 bits per heavy atom. The molecule has 8 heteroatoms. The van der Waals surface area contributed by atoms with E-state index in [1.54, 1.807) is 30.3 Å². The van der Waals surface area contributed by atoms with Gasteiger partial charge in [0.05, 0.1) is 28.5 Å². The van der Waals surface area contributed by atoms with Gasteiger partial charge in [-0.05, 0) is 24.6 Å². The summed E-state index contributed by atoms with van der Waals surface area (Å²) in [6.45, 7) is 0. The Balaban J connectivity index is 1.79. The molecule has 2 aliphatic rings. The lowest BCUT2D eigenvalue weighted by molar-refractivity contribution is 0.0660.